The number of hydrogen-bond donors (Lipinski definition) is 1. The first kappa shape index (κ1) is 14.8. The SMILES string of the molecule is CC(C)CCN1CCN(C(=O)C2(C)CCNC2)CC1. The third-order valence-electron chi connectivity index (χ3n) is 4.57. The van der Waals surface area contributed by atoms with Crippen molar-refractivity contribution in [3.63, 3.8) is 0 Å². The third-order valence-corrected chi connectivity index (χ3v) is 4.57. The van der Waals surface area contributed by atoms with Gasteiger partial charge in [-0.3, -0.25) is 9.69 Å². The van der Waals surface area contributed by atoms with E-state index in [1.165, 1.54) is 13.0 Å². The number of piperazine rings is 1. The van der Waals surface area contributed by atoms with Crippen molar-refractivity contribution < 1.29 is 4.79 Å². The summed E-state index contributed by atoms with van der Waals surface area (Å²) in [7, 11) is 0. The van der Waals surface area contributed by atoms with Gasteiger partial charge in [0.2, 0.25) is 5.91 Å². The molecule has 1 unspecified atom stereocenters. The second kappa shape index (κ2) is 6.23. The molecule has 0 bridgehead atoms. The topological polar surface area (TPSA) is 35.6 Å². The fraction of sp³-hybridized carbons (Fsp3) is 0.933. The van der Waals surface area contributed by atoms with Crippen molar-refractivity contribution in [2.45, 2.75) is 33.6 Å². The number of rotatable bonds is 4. The molecule has 0 aromatic rings. The molecule has 2 fully saturated rings. The Hall–Kier alpha value is -0.610. The standard InChI is InChI=1S/C15H29N3O/c1-13(2)4-7-17-8-10-18(11-9-17)14(19)15(3)5-6-16-12-15/h13,16H,4-12H2,1-3H3. The quantitative estimate of drug-likeness (QED) is 0.831. The Labute approximate surface area is 117 Å². The van der Waals surface area contributed by atoms with Crippen molar-refractivity contribution in [3.8, 4) is 0 Å². The molecule has 19 heavy (non-hydrogen) atoms. The number of amides is 1. The zero-order chi connectivity index (χ0) is 13.9. The van der Waals surface area contributed by atoms with E-state index in [-0.39, 0.29) is 5.41 Å². The normalized spacial score (nSPS) is 29.2. The Balaban J connectivity index is 1.78. The van der Waals surface area contributed by atoms with Crippen LogP contribution in [-0.4, -0.2) is 61.5 Å². The van der Waals surface area contributed by atoms with Gasteiger partial charge >= 0.3 is 0 Å². The Morgan fingerprint density at radius 3 is 2.47 bits per heavy atom. The Morgan fingerprint density at radius 2 is 1.95 bits per heavy atom. The average Bonchev–Trinajstić information content (AvgIpc) is 2.84. The molecular formula is C15H29N3O. The summed E-state index contributed by atoms with van der Waals surface area (Å²) in [5, 5.41) is 3.32. The minimum atomic E-state index is -0.153. The molecule has 2 aliphatic heterocycles. The average molecular weight is 267 g/mol. The second-order valence-corrected chi connectivity index (χ2v) is 6.80. The molecule has 0 saturated carbocycles. The first-order chi connectivity index (χ1) is 9.01. The molecule has 0 aromatic carbocycles. The lowest BCUT2D eigenvalue weighted by atomic mass is 9.88. The third kappa shape index (κ3) is 3.69. The number of nitrogens with one attached hydrogen (secondary N) is 1. The molecule has 0 radical (unpaired) electrons. The van der Waals surface area contributed by atoms with Crippen LogP contribution < -0.4 is 5.32 Å². The lowest BCUT2D eigenvalue weighted by molar-refractivity contribution is -0.142. The van der Waals surface area contributed by atoms with Crippen LogP contribution in [0.4, 0.5) is 0 Å². The van der Waals surface area contributed by atoms with Crippen LogP contribution in [0.2, 0.25) is 0 Å². The molecule has 1 N–H and O–H groups in total. The summed E-state index contributed by atoms with van der Waals surface area (Å²) < 4.78 is 0. The van der Waals surface area contributed by atoms with E-state index in [1.54, 1.807) is 0 Å². The zero-order valence-electron chi connectivity index (χ0n) is 12.7. The fourth-order valence-corrected chi connectivity index (χ4v) is 3.00. The Kier molecular flexibility index (Phi) is 4.85. The maximum atomic E-state index is 12.6. The molecule has 4 nitrogen and oxygen atoms in total. The highest BCUT2D eigenvalue weighted by atomic mass is 16.2. The fourth-order valence-electron chi connectivity index (χ4n) is 3.00. The number of carbonyl (C=O) groups is 1. The molecular weight excluding hydrogens is 238 g/mol. The van der Waals surface area contributed by atoms with Gasteiger partial charge in [0, 0.05) is 32.7 Å². The summed E-state index contributed by atoms with van der Waals surface area (Å²) in [6.07, 6.45) is 2.25. The van der Waals surface area contributed by atoms with E-state index >= 15 is 0 Å². The molecule has 1 atom stereocenters. The second-order valence-electron chi connectivity index (χ2n) is 6.80. The molecule has 2 rings (SSSR count). The van der Waals surface area contributed by atoms with Gasteiger partial charge < -0.3 is 10.2 Å². The van der Waals surface area contributed by atoms with Gasteiger partial charge in [-0.2, -0.15) is 0 Å². The van der Waals surface area contributed by atoms with Gasteiger partial charge in [0.05, 0.1) is 5.41 Å². The highest BCUT2D eigenvalue weighted by Gasteiger charge is 2.39. The van der Waals surface area contributed by atoms with Gasteiger partial charge in [0.15, 0.2) is 0 Å². The zero-order valence-corrected chi connectivity index (χ0v) is 12.7. The van der Waals surface area contributed by atoms with Crippen molar-refractivity contribution >= 4 is 5.91 Å². The van der Waals surface area contributed by atoms with Crippen molar-refractivity contribution in [2.75, 3.05) is 45.8 Å². The largest absolute Gasteiger partial charge is 0.340 e. The molecule has 110 valence electrons. The molecule has 2 heterocycles. The summed E-state index contributed by atoms with van der Waals surface area (Å²) in [5.74, 6) is 1.13. The molecule has 2 saturated heterocycles. The van der Waals surface area contributed by atoms with Crippen LogP contribution in [0, 0.1) is 11.3 Å². The summed E-state index contributed by atoms with van der Waals surface area (Å²) in [6, 6.07) is 0. The van der Waals surface area contributed by atoms with E-state index in [1.807, 2.05) is 0 Å². The summed E-state index contributed by atoms with van der Waals surface area (Å²) in [5.41, 5.74) is -0.153. The van der Waals surface area contributed by atoms with Crippen LogP contribution in [0.15, 0.2) is 0 Å². The van der Waals surface area contributed by atoms with E-state index in [9.17, 15) is 4.79 Å². The number of carbonyl (C=O) groups excluding carboxylic acids is 1. The van der Waals surface area contributed by atoms with Crippen LogP contribution in [0.3, 0.4) is 0 Å². The van der Waals surface area contributed by atoms with Gasteiger partial charge in [-0.1, -0.05) is 13.8 Å². The van der Waals surface area contributed by atoms with E-state index < -0.39 is 0 Å². The van der Waals surface area contributed by atoms with Crippen molar-refractivity contribution in [1.82, 2.24) is 15.1 Å². The van der Waals surface area contributed by atoms with Crippen molar-refractivity contribution in [2.24, 2.45) is 11.3 Å². The summed E-state index contributed by atoms with van der Waals surface area (Å²) in [4.78, 5) is 17.1. The summed E-state index contributed by atoms with van der Waals surface area (Å²) >= 11 is 0. The maximum Gasteiger partial charge on any atom is 0.229 e. The van der Waals surface area contributed by atoms with Gasteiger partial charge in [-0.25, -0.2) is 0 Å². The van der Waals surface area contributed by atoms with Crippen LogP contribution in [0.5, 0.6) is 0 Å². The first-order valence-corrected chi connectivity index (χ1v) is 7.74. The molecule has 0 spiro atoms. The predicted octanol–water partition coefficient (Wildman–Crippen LogP) is 1.18. The van der Waals surface area contributed by atoms with Crippen molar-refractivity contribution in [1.29, 1.82) is 0 Å². The monoisotopic (exact) mass is 267 g/mol. The highest BCUT2D eigenvalue weighted by molar-refractivity contribution is 5.83. The van der Waals surface area contributed by atoms with Gasteiger partial charge in [0.1, 0.15) is 0 Å². The van der Waals surface area contributed by atoms with Crippen molar-refractivity contribution in [3.05, 3.63) is 0 Å². The molecule has 0 aromatic heterocycles. The Bertz CT molecular complexity index is 303. The van der Waals surface area contributed by atoms with E-state index in [0.29, 0.717) is 5.91 Å². The smallest absolute Gasteiger partial charge is 0.229 e. The van der Waals surface area contributed by atoms with Gasteiger partial charge in [0.25, 0.3) is 0 Å². The highest BCUT2D eigenvalue weighted by Crippen LogP contribution is 2.27. The summed E-state index contributed by atoms with van der Waals surface area (Å²) in [6.45, 7) is 13.6. The maximum absolute atomic E-state index is 12.6. The van der Waals surface area contributed by atoms with Crippen LogP contribution >= 0.6 is 0 Å². The lowest BCUT2D eigenvalue weighted by Crippen LogP contribution is -2.53. The lowest BCUT2D eigenvalue weighted by Gasteiger charge is -2.38. The van der Waals surface area contributed by atoms with Gasteiger partial charge in [-0.15, -0.1) is 0 Å². The van der Waals surface area contributed by atoms with Crippen LogP contribution in [0.1, 0.15) is 33.6 Å². The van der Waals surface area contributed by atoms with Gasteiger partial charge in [-0.05, 0) is 38.8 Å². The Morgan fingerprint density at radius 1 is 1.26 bits per heavy atom. The molecule has 2 aliphatic rings. The van der Waals surface area contributed by atoms with E-state index in [0.717, 1.165) is 51.6 Å². The first-order valence-electron chi connectivity index (χ1n) is 7.74. The predicted molar refractivity (Wildman–Crippen MR) is 78.1 cm³/mol. The minimum Gasteiger partial charge on any atom is -0.340 e. The van der Waals surface area contributed by atoms with Crippen LogP contribution in [-0.2, 0) is 4.79 Å². The molecule has 4 heteroatoms. The van der Waals surface area contributed by atoms with E-state index in [4.69, 9.17) is 0 Å². The van der Waals surface area contributed by atoms with Crippen LogP contribution in [0.25, 0.3) is 0 Å². The molecule has 0 aliphatic carbocycles. The number of nitrogens with zero attached hydrogens (tertiary/aromatic N) is 2. The molecule has 1 amide bonds. The number of hydrogen-bond acceptors (Lipinski definition) is 3. The van der Waals surface area contributed by atoms with E-state index in [2.05, 4.69) is 35.9 Å². The minimum absolute atomic E-state index is 0.153.